The summed E-state index contributed by atoms with van der Waals surface area (Å²) in [6.07, 6.45) is 0.718. The second kappa shape index (κ2) is 5.53. The number of hydroxylamine groups is 2. The van der Waals surface area contributed by atoms with Crippen molar-refractivity contribution < 1.29 is 27.5 Å². The van der Waals surface area contributed by atoms with Crippen molar-refractivity contribution in [2.45, 2.75) is 26.3 Å². The van der Waals surface area contributed by atoms with Crippen molar-refractivity contribution in [1.29, 1.82) is 0 Å². The van der Waals surface area contributed by atoms with Gasteiger partial charge in [0.15, 0.2) is 0 Å². The van der Waals surface area contributed by atoms with Gasteiger partial charge in [0.2, 0.25) is 0 Å². The van der Waals surface area contributed by atoms with Crippen molar-refractivity contribution in [2.75, 3.05) is 0 Å². The molecule has 0 aromatic heterocycles. The maximum Gasteiger partial charge on any atom is 0.114 e. The van der Waals surface area contributed by atoms with E-state index in [4.69, 9.17) is 5.21 Å². The molecule has 0 rings (SSSR count). The Balaban J connectivity index is 0. The second-order valence-corrected chi connectivity index (χ2v) is 1.65. The first-order valence-corrected chi connectivity index (χ1v) is 2.41. The van der Waals surface area contributed by atoms with Crippen LogP contribution in [0.25, 0.3) is 0 Å². The van der Waals surface area contributed by atoms with Gasteiger partial charge in [0.25, 0.3) is 0 Å². The van der Waals surface area contributed by atoms with Crippen LogP contribution in [0, 0.1) is 5.21 Å². The largest absolute Gasteiger partial charge is 0.600 e. The zero-order valence-corrected chi connectivity index (χ0v) is 6.20. The molecule has 0 aliphatic carbocycles. The van der Waals surface area contributed by atoms with Crippen molar-refractivity contribution in [3.8, 4) is 0 Å². The van der Waals surface area contributed by atoms with Crippen molar-refractivity contribution >= 4 is 0 Å². The average molecular weight is 160 g/mol. The zero-order chi connectivity index (χ0) is 5.86. The molecular formula is C4H11MnNO2. The van der Waals surface area contributed by atoms with Crippen LogP contribution in [-0.2, 0) is 17.1 Å². The SMILES string of the molecule is CCC(C)[NH+]([O-])O.[Mn]. The molecule has 0 amide bonds. The van der Waals surface area contributed by atoms with E-state index in [2.05, 4.69) is 0 Å². The van der Waals surface area contributed by atoms with E-state index in [0.717, 1.165) is 6.42 Å². The Morgan fingerprint density at radius 3 is 2.12 bits per heavy atom. The molecule has 2 unspecified atom stereocenters. The third-order valence-corrected chi connectivity index (χ3v) is 1.03. The van der Waals surface area contributed by atoms with Gasteiger partial charge in [-0.25, -0.2) is 10.4 Å². The molecule has 0 fully saturated rings. The maximum atomic E-state index is 9.93. The molecule has 0 saturated carbocycles. The summed E-state index contributed by atoms with van der Waals surface area (Å²) in [7, 11) is 0. The number of hydrogen-bond acceptors (Lipinski definition) is 2. The van der Waals surface area contributed by atoms with Gasteiger partial charge in [-0.15, -0.1) is 0 Å². The fourth-order valence-electron chi connectivity index (χ4n) is 0.175. The van der Waals surface area contributed by atoms with Gasteiger partial charge in [0.1, 0.15) is 6.04 Å². The standard InChI is InChI=1S/C4H11NO2.Mn/c1-3-4(2)5(6)7;/h4-6H,3H2,1-2H3;. The average Bonchev–Trinajstić information content (AvgIpc) is 1.65. The number of hydrogen-bond donors (Lipinski definition) is 2. The predicted octanol–water partition coefficient (Wildman–Crippen LogP) is -0.446. The molecular weight excluding hydrogens is 149 g/mol. The molecule has 51 valence electrons. The van der Waals surface area contributed by atoms with Gasteiger partial charge in [-0.3, -0.25) is 0 Å². The second-order valence-electron chi connectivity index (χ2n) is 1.65. The van der Waals surface area contributed by atoms with E-state index in [9.17, 15) is 5.21 Å². The van der Waals surface area contributed by atoms with Crippen LogP contribution in [-0.4, -0.2) is 11.2 Å². The molecule has 4 heteroatoms. The molecule has 0 bridgehead atoms. The third kappa shape index (κ3) is 4.56. The summed E-state index contributed by atoms with van der Waals surface area (Å²) in [5, 5.41) is 17.4. The van der Waals surface area contributed by atoms with E-state index in [1.54, 1.807) is 6.92 Å². The molecule has 0 heterocycles. The summed E-state index contributed by atoms with van der Waals surface area (Å²) in [4.78, 5) is 0. The van der Waals surface area contributed by atoms with Crippen LogP contribution in [0.15, 0.2) is 0 Å². The summed E-state index contributed by atoms with van der Waals surface area (Å²) in [5.41, 5.74) is 0. The van der Waals surface area contributed by atoms with Crippen LogP contribution in [0.2, 0.25) is 0 Å². The van der Waals surface area contributed by atoms with Crippen LogP contribution in [0.1, 0.15) is 20.3 Å². The van der Waals surface area contributed by atoms with E-state index >= 15 is 0 Å². The van der Waals surface area contributed by atoms with Gasteiger partial charge in [-0.1, -0.05) is 6.92 Å². The predicted molar refractivity (Wildman–Crippen MR) is 25.9 cm³/mol. The maximum absolute atomic E-state index is 9.93. The van der Waals surface area contributed by atoms with Gasteiger partial charge in [-0.2, -0.15) is 0 Å². The van der Waals surface area contributed by atoms with Crippen molar-refractivity contribution in [2.24, 2.45) is 0 Å². The minimum absolute atomic E-state index is 0. The minimum Gasteiger partial charge on any atom is -0.600 e. The van der Waals surface area contributed by atoms with Crippen molar-refractivity contribution in [1.82, 2.24) is 0 Å². The first-order valence-electron chi connectivity index (χ1n) is 2.41. The number of quaternary nitrogens is 1. The topological polar surface area (TPSA) is 47.7 Å². The Morgan fingerprint density at radius 1 is 1.75 bits per heavy atom. The van der Waals surface area contributed by atoms with E-state index < -0.39 is 5.23 Å². The third-order valence-electron chi connectivity index (χ3n) is 1.03. The fourth-order valence-corrected chi connectivity index (χ4v) is 0.175. The number of nitrogens with one attached hydrogen (secondary N) is 1. The quantitative estimate of drug-likeness (QED) is 0.424. The molecule has 3 nitrogen and oxygen atoms in total. The molecule has 8 heavy (non-hydrogen) atoms. The molecule has 0 aromatic carbocycles. The van der Waals surface area contributed by atoms with E-state index in [0.29, 0.717) is 0 Å². The Kier molecular flexibility index (Phi) is 7.77. The van der Waals surface area contributed by atoms with Gasteiger partial charge in [-0.05, 0) is 13.3 Å². The first kappa shape index (κ1) is 11.2. The Bertz CT molecular complexity index is 51.3. The minimum atomic E-state index is -0.706. The van der Waals surface area contributed by atoms with Crippen LogP contribution in [0.5, 0.6) is 0 Å². The Morgan fingerprint density at radius 2 is 2.12 bits per heavy atom. The Hall–Kier alpha value is 0.399. The molecule has 2 N–H and O–H groups in total. The first-order chi connectivity index (χ1) is 3.18. The zero-order valence-electron chi connectivity index (χ0n) is 5.02. The normalized spacial score (nSPS) is 16.5. The molecule has 0 aromatic rings. The van der Waals surface area contributed by atoms with Crippen LogP contribution in [0.3, 0.4) is 0 Å². The van der Waals surface area contributed by atoms with E-state index in [1.165, 1.54) is 0 Å². The summed E-state index contributed by atoms with van der Waals surface area (Å²) < 4.78 is 0. The van der Waals surface area contributed by atoms with Gasteiger partial charge >= 0.3 is 0 Å². The number of rotatable bonds is 2. The monoisotopic (exact) mass is 160 g/mol. The Labute approximate surface area is 59.7 Å². The van der Waals surface area contributed by atoms with E-state index in [-0.39, 0.29) is 23.1 Å². The molecule has 2 atom stereocenters. The smallest absolute Gasteiger partial charge is 0.114 e. The molecule has 1 radical (unpaired) electrons. The van der Waals surface area contributed by atoms with Crippen molar-refractivity contribution in [3.05, 3.63) is 5.21 Å². The fraction of sp³-hybridized carbons (Fsp3) is 1.00. The van der Waals surface area contributed by atoms with Crippen LogP contribution in [0.4, 0.5) is 0 Å². The molecule has 0 saturated heterocycles. The van der Waals surface area contributed by atoms with Crippen molar-refractivity contribution in [3.63, 3.8) is 0 Å². The van der Waals surface area contributed by atoms with Crippen LogP contribution >= 0.6 is 0 Å². The molecule has 0 aliphatic heterocycles. The van der Waals surface area contributed by atoms with Gasteiger partial charge in [0.05, 0.1) is 0 Å². The van der Waals surface area contributed by atoms with E-state index in [1.807, 2.05) is 6.92 Å². The summed E-state index contributed by atoms with van der Waals surface area (Å²) in [5.74, 6) is 0. The van der Waals surface area contributed by atoms with Gasteiger partial charge < -0.3 is 5.21 Å². The van der Waals surface area contributed by atoms with Gasteiger partial charge in [0, 0.05) is 17.1 Å². The summed E-state index contributed by atoms with van der Waals surface area (Å²) in [6, 6.07) is -0.181. The summed E-state index contributed by atoms with van der Waals surface area (Å²) >= 11 is 0. The molecule has 0 spiro atoms. The summed E-state index contributed by atoms with van der Waals surface area (Å²) in [6.45, 7) is 3.56. The van der Waals surface area contributed by atoms with Crippen LogP contribution < -0.4 is 5.23 Å². The molecule has 0 aliphatic rings.